The Labute approximate surface area is 131 Å². The summed E-state index contributed by atoms with van der Waals surface area (Å²) in [6.07, 6.45) is 1.05. The number of halogens is 2. The van der Waals surface area contributed by atoms with Gasteiger partial charge in [-0.1, -0.05) is 0 Å². The van der Waals surface area contributed by atoms with Crippen molar-refractivity contribution in [3.8, 4) is 0 Å². The second-order valence-corrected chi connectivity index (χ2v) is 6.52. The van der Waals surface area contributed by atoms with Crippen LogP contribution in [-0.4, -0.2) is 35.5 Å². The molecule has 0 aliphatic carbocycles. The monoisotopic (exact) mass is 359 g/mol. The van der Waals surface area contributed by atoms with Crippen LogP contribution in [0.2, 0.25) is 0 Å². The summed E-state index contributed by atoms with van der Waals surface area (Å²) in [4.78, 5) is 12.9. The summed E-state index contributed by atoms with van der Waals surface area (Å²) < 4.78 is 13.7. The summed E-state index contributed by atoms with van der Waals surface area (Å²) in [5.74, 6) is -0.0722. The molecule has 1 aromatic rings. The molecule has 1 N–H and O–H groups in total. The van der Waals surface area contributed by atoms with E-state index in [0.717, 1.165) is 19.5 Å². The molecule has 1 heterocycles. The zero-order valence-corrected chi connectivity index (χ0v) is 13.7. The first-order valence-electron chi connectivity index (χ1n) is 7.00. The fourth-order valence-electron chi connectivity index (χ4n) is 2.58. The molecule has 0 amide bonds. The molecule has 1 aromatic carbocycles. The number of nitro groups is 1. The Morgan fingerprint density at radius 2 is 2.29 bits per heavy atom. The van der Waals surface area contributed by atoms with Crippen LogP contribution in [0, 0.1) is 21.8 Å². The number of nitrogens with one attached hydrogen (secondary N) is 1. The summed E-state index contributed by atoms with van der Waals surface area (Å²) >= 11 is 2.98. The first-order valence-corrected chi connectivity index (χ1v) is 7.79. The van der Waals surface area contributed by atoms with Crippen LogP contribution >= 0.6 is 15.9 Å². The van der Waals surface area contributed by atoms with Crippen LogP contribution in [0.25, 0.3) is 0 Å². The normalized spacial score (nSPS) is 19.2. The minimum absolute atomic E-state index is 0.103. The van der Waals surface area contributed by atoms with Crippen molar-refractivity contribution >= 4 is 27.3 Å². The van der Waals surface area contributed by atoms with Crippen LogP contribution in [0.15, 0.2) is 16.6 Å². The minimum atomic E-state index is -0.502. The molecule has 5 nitrogen and oxygen atoms in total. The SMILES string of the molecule is CC(C)N1CCC(CNc2cc(F)c(Br)cc2[N+](=O)[O-])C1. The van der Waals surface area contributed by atoms with Gasteiger partial charge in [0.25, 0.3) is 5.69 Å². The Morgan fingerprint density at radius 1 is 1.57 bits per heavy atom. The van der Waals surface area contributed by atoms with Crippen LogP contribution in [0.4, 0.5) is 15.8 Å². The van der Waals surface area contributed by atoms with Crippen molar-refractivity contribution in [2.45, 2.75) is 26.3 Å². The van der Waals surface area contributed by atoms with Gasteiger partial charge in [0.15, 0.2) is 0 Å². The topological polar surface area (TPSA) is 58.4 Å². The highest BCUT2D eigenvalue weighted by atomic mass is 79.9. The second kappa shape index (κ2) is 6.70. The van der Waals surface area contributed by atoms with Crippen LogP contribution in [0.3, 0.4) is 0 Å². The van der Waals surface area contributed by atoms with E-state index >= 15 is 0 Å². The maximum Gasteiger partial charge on any atom is 0.293 e. The molecule has 0 saturated carbocycles. The lowest BCUT2D eigenvalue weighted by Crippen LogP contribution is -2.29. The van der Waals surface area contributed by atoms with E-state index in [-0.39, 0.29) is 15.8 Å². The van der Waals surface area contributed by atoms with Gasteiger partial charge in [0.1, 0.15) is 11.5 Å². The molecule has 21 heavy (non-hydrogen) atoms. The smallest absolute Gasteiger partial charge is 0.293 e. The van der Waals surface area contributed by atoms with E-state index in [1.165, 1.54) is 12.1 Å². The molecule has 116 valence electrons. The van der Waals surface area contributed by atoms with Crippen molar-refractivity contribution in [1.82, 2.24) is 4.90 Å². The average molecular weight is 360 g/mol. The molecule has 1 aliphatic heterocycles. The van der Waals surface area contributed by atoms with Gasteiger partial charge in [-0.15, -0.1) is 0 Å². The largest absolute Gasteiger partial charge is 0.379 e. The van der Waals surface area contributed by atoms with Gasteiger partial charge < -0.3 is 10.2 Å². The van der Waals surface area contributed by atoms with Crippen molar-refractivity contribution in [2.75, 3.05) is 25.0 Å². The molecule has 1 aliphatic rings. The Morgan fingerprint density at radius 3 is 2.86 bits per heavy atom. The first kappa shape index (κ1) is 16.2. The molecule has 0 aromatic heterocycles. The molecule has 0 radical (unpaired) electrons. The van der Waals surface area contributed by atoms with Crippen LogP contribution in [-0.2, 0) is 0 Å². The maximum atomic E-state index is 13.6. The lowest BCUT2D eigenvalue weighted by molar-refractivity contribution is -0.384. The van der Waals surface area contributed by atoms with Crippen LogP contribution in [0.5, 0.6) is 0 Å². The molecule has 1 unspecified atom stereocenters. The third-order valence-corrected chi connectivity index (χ3v) is 4.47. The maximum absolute atomic E-state index is 13.6. The van der Waals surface area contributed by atoms with Gasteiger partial charge in [0, 0.05) is 31.3 Å². The lowest BCUT2D eigenvalue weighted by Gasteiger charge is -2.20. The van der Waals surface area contributed by atoms with Gasteiger partial charge in [0.2, 0.25) is 0 Å². The summed E-state index contributed by atoms with van der Waals surface area (Å²) in [7, 11) is 0. The second-order valence-electron chi connectivity index (χ2n) is 5.66. The Hall–Kier alpha value is -1.21. The van der Waals surface area contributed by atoms with Crippen molar-refractivity contribution in [1.29, 1.82) is 0 Å². The number of rotatable bonds is 5. The molecule has 2 rings (SSSR count). The number of nitrogens with zero attached hydrogens (tertiary/aromatic N) is 2. The number of benzene rings is 1. The molecular weight excluding hydrogens is 341 g/mol. The molecule has 1 saturated heterocycles. The summed E-state index contributed by atoms with van der Waals surface area (Å²) in [5, 5.41) is 14.1. The molecule has 7 heteroatoms. The Bertz CT molecular complexity index is 539. The van der Waals surface area contributed by atoms with E-state index in [0.29, 0.717) is 18.5 Å². The molecule has 0 spiro atoms. The van der Waals surface area contributed by atoms with E-state index < -0.39 is 10.7 Å². The van der Waals surface area contributed by atoms with Gasteiger partial charge >= 0.3 is 0 Å². The fourth-order valence-corrected chi connectivity index (χ4v) is 2.91. The third kappa shape index (κ3) is 3.91. The fraction of sp³-hybridized carbons (Fsp3) is 0.571. The molecular formula is C14H19BrFN3O2. The van der Waals surface area contributed by atoms with Crippen molar-refractivity contribution in [3.63, 3.8) is 0 Å². The van der Waals surface area contributed by atoms with E-state index in [1.807, 2.05) is 0 Å². The van der Waals surface area contributed by atoms with Crippen molar-refractivity contribution in [3.05, 3.63) is 32.5 Å². The molecule has 1 fully saturated rings. The number of nitro benzene ring substituents is 1. The summed E-state index contributed by atoms with van der Waals surface area (Å²) in [6, 6.07) is 2.89. The third-order valence-electron chi connectivity index (χ3n) is 3.86. The first-order chi connectivity index (χ1) is 9.88. The number of likely N-dealkylation sites (tertiary alicyclic amines) is 1. The van der Waals surface area contributed by atoms with E-state index in [2.05, 4.69) is 40.0 Å². The number of hydrogen-bond acceptors (Lipinski definition) is 4. The van der Waals surface area contributed by atoms with E-state index in [1.54, 1.807) is 0 Å². The zero-order chi connectivity index (χ0) is 15.6. The van der Waals surface area contributed by atoms with Crippen LogP contribution in [0.1, 0.15) is 20.3 Å². The number of anilines is 1. The predicted molar refractivity (Wildman–Crippen MR) is 84.1 cm³/mol. The molecule has 1 atom stereocenters. The average Bonchev–Trinajstić information content (AvgIpc) is 2.88. The highest BCUT2D eigenvalue weighted by Crippen LogP contribution is 2.31. The molecule has 0 bridgehead atoms. The summed E-state index contributed by atoms with van der Waals surface area (Å²) in [6.45, 7) is 6.94. The quantitative estimate of drug-likeness (QED) is 0.644. The van der Waals surface area contributed by atoms with Gasteiger partial charge in [-0.05, 0) is 48.7 Å². The summed E-state index contributed by atoms with van der Waals surface area (Å²) in [5.41, 5.74) is 0.130. The standard InChI is InChI=1S/C14H19BrFN3O2/c1-9(2)18-4-3-10(8-18)7-17-13-6-12(16)11(15)5-14(13)19(20)21/h5-6,9-10,17H,3-4,7-8H2,1-2H3. The van der Waals surface area contributed by atoms with Crippen molar-refractivity contribution < 1.29 is 9.31 Å². The van der Waals surface area contributed by atoms with Gasteiger partial charge in [0.05, 0.1) is 9.40 Å². The van der Waals surface area contributed by atoms with E-state index in [4.69, 9.17) is 0 Å². The van der Waals surface area contributed by atoms with Crippen LogP contribution < -0.4 is 5.32 Å². The van der Waals surface area contributed by atoms with Gasteiger partial charge in [-0.25, -0.2) is 4.39 Å². The highest BCUT2D eigenvalue weighted by molar-refractivity contribution is 9.10. The van der Waals surface area contributed by atoms with E-state index in [9.17, 15) is 14.5 Å². The Kier molecular flexibility index (Phi) is 5.16. The predicted octanol–water partition coefficient (Wildman–Crippen LogP) is 3.64. The Balaban J connectivity index is 2.03. The van der Waals surface area contributed by atoms with Gasteiger partial charge in [-0.2, -0.15) is 0 Å². The zero-order valence-electron chi connectivity index (χ0n) is 12.1. The lowest BCUT2D eigenvalue weighted by atomic mass is 10.1. The number of hydrogen-bond donors (Lipinski definition) is 1. The minimum Gasteiger partial charge on any atom is -0.379 e. The van der Waals surface area contributed by atoms with Gasteiger partial charge in [-0.3, -0.25) is 10.1 Å². The highest BCUT2D eigenvalue weighted by Gasteiger charge is 2.25. The van der Waals surface area contributed by atoms with Crippen molar-refractivity contribution in [2.24, 2.45) is 5.92 Å².